The summed E-state index contributed by atoms with van der Waals surface area (Å²) in [6.45, 7) is 2.60. The predicted octanol–water partition coefficient (Wildman–Crippen LogP) is 1.86. The fourth-order valence-electron chi connectivity index (χ4n) is 1.78. The van der Waals surface area contributed by atoms with E-state index in [0.29, 0.717) is 17.9 Å². The molecule has 5 heteroatoms. The molecule has 1 heterocycles. The van der Waals surface area contributed by atoms with E-state index in [-0.39, 0.29) is 5.91 Å². The van der Waals surface area contributed by atoms with Crippen molar-refractivity contribution in [3.63, 3.8) is 0 Å². The van der Waals surface area contributed by atoms with Crippen molar-refractivity contribution < 1.29 is 4.79 Å². The molecule has 0 spiro atoms. The number of anilines is 1. The first-order valence-corrected chi connectivity index (χ1v) is 6.51. The van der Waals surface area contributed by atoms with E-state index in [9.17, 15) is 4.79 Å². The maximum Gasteiger partial charge on any atom is 0.270 e. The average Bonchev–Trinajstić information content (AvgIpc) is 2.53. The van der Waals surface area contributed by atoms with Gasteiger partial charge >= 0.3 is 0 Å². The normalized spacial score (nSPS) is 10.1. The summed E-state index contributed by atoms with van der Waals surface area (Å²) in [6, 6.07) is 11.5. The number of benzene rings is 1. The van der Waals surface area contributed by atoms with Crippen LogP contribution in [0, 0.1) is 0 Å². The van der Waals surface area contributed by atoms with E-state index in [2.05, 4.69) is 34.8 Å². The van der Waals surface area contributed by atoms with Gasteiger partial charge in [0.25, 0.3) is 5.91 Å². The van der Waals surface area contributed by atoms with E-state index < -0.39 is 0 Å². The fourth-order valence-corrected chi connectivity index (χ4v) is 1.78. The highest BCUT2D eigenvalue weighted by molar-refractivity contribution is 5.92. The Kier molecular flexibility index (Phi) is 4.68. The minimum absolute atomic E-state index is 0.201. The lowest BCUT2D eigenvalue weighted by molar-refractivity contribution is 0.0946. The summed E-state index contributed by atoms with van der Waals surface area (Å²) in [6.07, 6.45) is 2.53. The van der Waals surface area contributed by atoms with Crippen LogP contribution < -0.4 is 16.6 Å². The van der Waals surface area contributed by atoms with Crippen LogP contribution in [0.2, 0.25) is 0 Å². The van der Waals surface area contributed by atoms with Gasteiger partial charge in [-0.3, -0.25) is 10.6 Å². The first kappa shape index (κ1) is 14.0. The zero-order valence-corrected chi connectivity index (χ0v) is 11.4. The van der Waals surface area contributed by atoms with E-state index in [1.165, 1.54) is 11.8 Å². The molecule has 0 radical (unpaired) electrons. The van der Waals surface area contributed by atoms with Crippen molar-refractivity contribution in [2.75, 3.05) is 5.43 Å². The van der Waals surface area contributed by atoms with Gasteiger partial charge in [-0.15, -0.1) is 0 Å². The molecule has 20 heavy (non-hydrogen) atoms. The molecule has 0 saturated carbocycles. The lowest BCUT2D eigenvalue weighted by atomic mass is 10.1. The molecular weight excluding hydrogens is 252 g/mol. The molecule has 0 atom stereocenters. The van der Waals surface area contributed by atoms with Gasteiger partial charge in [0.15, 0.2) is 0 Å². The third-order valence-corrected chi connectivity index (χ3v) is 3.05. The quantitative estimate of drug-likeness (QED) is 0.572. The van der Waals surface area contributed by atoms with Crippen LogP contribution in [0.5, 0.6) is 0 Å². The first-order valence-electron chi connectivity index (χ1n) is 6.51. The summed E-state index contributed by atoms with van der Waals surface area (Å²) < 4.78 is 0. The number of nitrogens with zero attached hydrogens (tertiary/aromatic N) is 1. The van der Waals surface area contributed by atoms with Crippen LogP contribution in [0.15, 0.2) is 42.6 Å². The molecule has 0 aliphatic rings. The number of nitrogen functional groups attached to an aromatic ring is 1. The molecule has 1 amide bonds. The van der Waals surface area contributed by atoms with Crippen molar-refractivity contribution in [3.8, 4) is 0 Å². The van der Waals surface area contributed by atoms with Crippen molar-refractivity contribution in [2.45, 2.75) is 19.9 Å². The molecule has 0 bridgehead atoms. The lowest BCUT2D eigenvalue weighted by Crippen LogP contribution is -2.23. The minimum atomic E-state index is -0.201. The Morgan fingerprint density at radius 3 is 2.40 bits per heavy atom. The summed E-state index contributed by atoms with van der Waals surface area (Å²) in [5, 5.41) is 2.84. The Labute approximate surface area is 118 Å². The number of carbonyl (C=O) groups excluding carboxylic acids is 1. The molecule has 0 unspecified atom stereocenters. The summed E-state index contributed by atoms with van der Waals surface area (Å²) >= 11 is 0. The third kappa shape index (κ3) is 3.55. The molecule has 1 aromatic heterocycles. The number of hydrogen-bond donors (Lipinski definition) is 3. The minimum Gasteiger partial charge on any atom is -0.347 e. The van der Waals surface area contributed by atoms with E-state index in [4.69, 9.17) is 5.84 Å². The molecule has 2 rings (SSSR count). The molecular formula is C15H18N4O. The number of aromatic nitrogens is 1. The highest BCUT2D eigenvalue weighted by atomic mass is 16.1. The largest absolute Gasteiger partial charge is 0.347 e. The molecule has 5 nitrogen and oxygen atoms in total. The van der Waals surface area contributed by atoms with Crippen molar-refractivity contribution >= 4 is 11.6 Å². The first-order chi connectivity index (χ1) is 9.72. The molecule has 104 valence electrons. The summed E-state index contributed by atoms with van der Waals surface area (Å²) in [4.78, 5) is 16.0. The van der Waals surface area contributed by atoms with Gasteiger partial charge in [-0.05, 0) is 29.7 Å². The van der Waals surface area contributed by atoms with E-state index in [0.717, 1.165) is 12.0 Å². The second kappa shape index (κ2) is 6.68. The number of amides is 1. The molecule has 0 aliphatic carbocycles. The molecule has 0 aliphatic heterocycles. The number of nitrogens with one attached hydrogen (secondary N) is 2. The van der Waals surface area contributed by atoms with Crippen LogP contribution in [0.1, 0.15) is 28.5 Å². The average molecular weight is 270 g/mol. The Bertz CT molecular complexity index is 563. The SMILES string of the molecule is CCc1ccc(CNC(=O)c2ccc(NN)cn2)cc1. The fraction of sp³-hybridized carbons (Fsp3) is 0.200. The summed E-state index contributed by atoms with van der Waals surface area (Å²) in [7, 11) is 0. The lowest BCUT2D eigenvalue weighted by Gasteiger charge is -2.06. The Balaban J connectivity index is 1.93. The number of carbonyl (C=O) groups is 1. The smallest absolute Gasteiger partial charge is 0.270 e. The highest BCUT2D eigenvalue weighted by Crippen LogP contribution is 2.06. The Morgan fingerprint density at radius 2 is 1.85 bits per heavy atom. The van der Waals surface area contributed by atoms with Crippen LogP contribution >= 0.6 is 0 Å². The number of aryl methyl sites for hydroxylation is 1. The van der Waals surface area contributed by atoms with Crippen molar-refractivity contribution in [1.82, 2.24) is 10.3 Å². The van der Waals surface area contributed by atoms with Gasteiger partial charge in [0, 0.05) is 6.54 Å². The van der Waals surface area contributed by atoms with Gasteiger partial charge in [0.2, 0.25) is 0 Å². The third-order valence-electron chi connectivity index (χ3n) is 3.05. The van der Waals surface area contributed by atoms with Crippen molar-refractivity contribution in [3.05, 3.63) is 59.4 Å². The summed E-state index contributed by atoms with van der Waals surface area (Å²) in [5.41, 5.74) is 5.85. The van der Waals surface area contributed by atoms with Gasteiger partial charge in [-0.1, -0.05) is 31.2 Å². The second-order valence-corrected chi connectivity index (χ2v) is 4.43. The maximum atomic E-state index is 11.9. The van der Waals surface area contributed by atoms with Crippen molar-refractivity contribution in [1.29, 1.82) is 0 Å². The van der Waals surface area contributed by atoms with E-state index in [1.54, 1.807) is 12.1 Å². The monoisotopic (exact) mass is 270 g/mol. The van der Waals surface area contributed by atoms with Crippen LogP contribution in [-0.2, 0) is 13.0 Å². The number of pyridine rings is 1. The summed E-state index contributed by atoms with van der Waals surface area (Å²) in [5.74, 6) is 5.04. The van der Waals surface area contributed by atoms with Gasteiger partial charge in [0.1, 0.15) is 5.69 Å². The van der Waals surface area contributed by atoms with Gasteiger partial charge < -0.3 is 10.7 Å². The van der Waals surface area contributed by atoms with Gasteiger partial charge in [-0.25, -0.2) is 4.98 Å². The molecule has 2 aromatic rings. The number of hydrazine groups is 1. The predicted molar refractivity (Wildman–Crippen MR) is 79.0 cm³/mol. The van der Waals surface area contributed by atoms with Crippen LogP contribution in [0.3, 0.4) is 0 Å². The van der Waals surface area contributed by atoms with Gasteiger partial charge in [-0.2, -0.15) is 0 Å². The van der Waals surface area contributed by atoms with Crippen LogP contribution in [-0.4, -0.2) is 10.9 Å². The van der Waals surface area contributed by atoms with Gasteiger partial charge in [0.05, 0.1) is 11.9 Å². The molecule has 0 saturated heterocycles. The van der Waals surface area contributed by atoms with E-state index >= 15 is 0 Å². The molecule has 0 fully saturated rings. The zero-order chi connectivity index (χ0) is 14.4. The standard InChI is InChI=1S/C15H18N4O/c1-2-11-3-5-12(6-4-11)9-18-15(20)14-8-7-13(19-16)10-17-14/h3-8,10,19H,2,9,16H2,1H3,(H,18,20). The van der Waals surface area contributed by atoms with E-state index in [1.807, 2.05) is 12.1 Å². The topological polar surface area (TPSA) is 80.0 Å². The molecule has 1 aromatic carbocycles. The maximum absolute atomic E-state index is 11.9. The number of rotatable bonds is 5. The highest BCUT2D eigenvalue weighted by Gasteiger charge is 2.06. The molecule has 4 N–H and O–H groups in total. The number of nitrogens with two attached hydrogens (primary N) is 1. The Morgan fingerprint density at radius 1 is 1.15 bits per heavy atom. The zero-order valence-electron chi connectivity index (χ0n) is 11.4. The number of hydrogen-bond acceptors (Lipinski definition) is 4. The van der Waals surface area contributed by atoms with Crippen molar-refractivity contribution in [2.24, 2.45) is 5.84 Å². The van der Waals surface area contributed by atoms with Crippen LogP contribution in [0.25, 0.3) is 0 Å². The Hall–Kier alpha value is -2.40. The van der Waals surface area contributed by atoms with Crippen LogP contribution in [0.4, 0.5) is 5.69 Å². The second-order valence-electron chi connectivity index (χ2n) is 4.43.